The fourth-order valence-electron chi connectivity index (χ4n) is 5.39. The van der Waals surface area contributed by atoms with Gasteiger partial charge < -0.3 is 9.47 Å². The smallest absolute Gasteiger partial charge is 0.338 e. The molecule has 6 heteroatoms. The molecule has 0 amide bonds. The quantitative estimate of drug-likeness (QED) is 0.295. The van der Waals surface area contributed by atoms with E-state index >= 15 is 4.39 Å². The summed E-state index contributed by atoms with van der Waals surface area (Å²) < 4.78 is 54.9. The van der Waals surface area contributed by atoms with Gasteiger partial charge in [0.15, 0.2) is 23.2 Å². The van der Waals surface area contributed by atoms with Crippen LogP contribution in [0.2, 0.25) is 0 Å². The standard InChI is InChI=1S/C29H33F3O3/c1-3-16-34-26-15-10-21(17-25(26)30)29(33)35-22-11-8-20(9-12-22)24-14-13-23(27(31)28(24)32)19-6-4-18(2)5-7-19/h3,10,13-15,17-20,22H,1,4-9,11-12,16H2,2H3. The number of halogens is 3. The summed E-state index contributed by atoms with van der Waals surface area (Å²) in [4.78, 5) is 12.5. The maximum atomic E-state index is 15.0. The highest BCUT2D eigenvalue weighted by atomic mass is 19.2. The second-order valence-electron chi connectivity index (χ2n) is 9.95. The summed E-state index contributed by atoms with van der Waals surface area (Å²) in [6.07, 6.45) is 7.36. The molecule has 2 saturated carbocycles. The van der Waals surface area contributed by atoms with E-state index in [0.717, 1.165) is 31.7 Å². The van der Waals surface area contributed by atoms with Gasteiger partial charge in [0, 0.05) is 0 Å². The van der Waals surface area contributed by atoms with E-state index in [9.17, 15) is 13.6 Å². The third-order valence-electron chi connectivity index (χ3n) is 7.51. The largest absolute Gasteiger partial charge is 0.486 e. The van der Waals surface area contributed by atoms with Crippen molar-refractivity contribution in [1.82, 2.24) is 0 Å². The Balaban J connectivity index is 1.34. The molecule has 0 unspecified atom stereocenters. The van der Waals surface area contributed by atoms with Crippen molar-refractivity contribution >= 4 is 5.97 Å². The molecule has 2 fully saturated rings. The molecule has 0 N–H and O–H groups in total. The first kappa shape index (κ1) is 25.3. The highest BCUT2D eigenvalue weighted by Crippen LogP contribution is 2.40. The zero-order chi connectivity index (χ0) is 24.9. The molecule has 4 rings (SSSR count). The number of hydrogen-bond acceptors (Lipinski definition) is 3. The van der Waals surface area contributed by atoms with Crippen LogP contribution in [-0.4, -0.2) is 18.7 Å². The first-order chi connectivity index (χ1) is 16.9. The van der Waals surface area contributed by atoms with Crippen molar-refractivity contribution in [3.63, 3.8) is 0 Å². The molecule has 0 aromatic heterocycles. The van der Waals surface area contributed by atoms with Gasteiger partial charge in [0.2, 0.25) is 0 Å². The van der Waals surface area contributed by atoms with Crippen LogP contribution in [-0.2, 0) is 4.74 Å². The van der Waals surface area contributed by atoms with Gasteiger partial charge in [-0.05, 0) is 85.6 Å². The normalized spacial score (nSPS) is 24.6. The summed E-state index contributed by atoms with van der Waals surface area (Å²) in [5.74, 6) is -2.00. The molecule has 0 bridgehead atoms. The second-order valence-corrected chi connectivity index (χ2v) is 9.95. The van der Waals surface area contributed by atoms with Crippen LogP contribution in [0.15, 0.2) is 43.0 Å². The third kappa shape index (κ3) is 5.91. The number of esters is 1. The molecule has 0 radical (unpaired) electrons. The molecule has 0 spiro atoms. The molecule has 188 valence electrons. The Morgan fingerprint density at radius 1 is 0.914 bits per heavy atom. The van der Waals surface area contributed by atoms with Crippen molar-refractivity contribution in [2.75, 3.05) is 6.61 Å². The van der Waals surface area contributed by atoms with Crippen molar-refractivity contribution in [3.05, 3.63) is 77.1 Å². The van der Waals surface area contributed by atoms with Gasteiger partial charge in [-0.15, -0.1) is 0 Å². The average molecular weight is 487 g/mol. The number of hydrogen-bond donors (Lipinski definition) is 0. The molecular formula is C29H33F3O3. The van der Waals surface area contributed by atoms with Crippen LogP contribution in [0.1, 0.15) is 91.6 Å². The summed E-state index contributed by atoms with van der Waals surface area (Å²) in [5.41, 5.74) is 1.03. The van der Waals surface area contributed by atoms with Crippen LogP contribution in [0.3, 0.4) is 0 Å². The Hall–Kier alpha value is -2.76. The second kappa shape index (κ2) is 11.3. The van der Waals surface area contributed by atoms with Crippen molar-refractivity contribution < 1.29 is 27.4 Å². The van der Waals surface area contributed by atoms with Crippen molar-refractivity contribution in [3.8, 4) is 5.75 Å². The third-order valence-corrected chi connectivity index (χ3v) is 7.51. The predicted octanol–water partition coefficient (Wildman–Crippen LogP) is 7.85. The average Bonchev–Trinajstić information content (AvgIpc) is 2.86. The lowest BCUT2D eigenvalue weighted by Crippen LogP contribution is -2.24. The summed E-state index contributed by atoms with van der Waals surface area (Å²) in [7, 11) is 0. The maximum absolute atomic E-state index is 15.0. The van der Waals surface area contributed by atoms with E-state index < -0.39 is 23.4 Å². The number of ether oxygens (including phenoxy) is 2. The van der Waals surface area contributed by atoms with E-state index in [1.807, 2.05) is 0 Å². The van der Waals surface area contributed by atoms with Gasteiger partial charge in [0.05, 0.1) is 5.56 Å². The monoisotopic (exact) mass is 486 g/mol. The van der Waals surface area contributed by atoms with Gasteiger partial charge in [-0.1, -0.05) is 44.6 Å². The highest BCUT2D eigenvalue weighted by Gasteiger charge is 2.30. The molecule has 0 saturated heterocycles. The van der Waals surface area contributed by atoms with Gasteiger partial charge >= 0.3 is 5.97 Å². The zero-order valence-corrected chi connectivity index (χ0v) is 20.2. The van der Waals surface area contributed by atoms with Crippen molar-refractivity contribution in [1.29, 1.82) is 0 Å². The Morgan fingerprint density at radius 2 is 1.49 bits per heavy atom. The topological polar surface area (TPSA) is 35.5 Å². The number of benzene rings is 2. The van der Waals surface area contributed by atoms with E-state index in [-0.39, 0.29) is 35.9 Å². The molecule has 2 aliphatic rings. The van der Waals surface area contributed by atoms with E-state index in [0.29, 0.717) is 42.7 Å². The van der Waals surface area contributed by atoms with E-state index in [1.54, 1.807) is 12.1 Å². The van der Waals surface area contributed by atoms with Gasteiger partial charge in [0.1, 0.15) is 12.7 Å². The number of carbonyl (C=O) groups is 1. The lowest BCUT2D eigenvalue weighted by Gasteiger charge is -2.30. The molecule has 2 aromatic carbocycles. The van der Waals surface area contributed by atoms with E-state index in [1.165, 1.54) is 18.2 Å². The molecule has 0 aliphatic heterocycles. The Morgan fingerprint density at radius 3 is 2.03 bits per heavy atom. The lowest BCUT2D eigenvalue weighted by molar-refractivity contribution is 0.0193. The fourth-order valence-corrected chi connectivity index (χ4v) is 5.39. The highest BCUT2D eigenvalue weighted by molar-refractivity contribution is 5.89. The summed E-state index contributed by atoms with van der Waals surface area (Å²) in [6, 6.07) is 7.47. The summed E-state index contributed by atoms with van der Waals surface area (Å²) >= 11 is 0. The van der Waals surface area contributed by atoms with Crippen LogP contribution in [0.5, 0.6) is 5.75 Å². The minimum atomic E-state index is -0.726. The molecule has 35 heavy (non-hydrogen) atoms. The van der Waals surface area contributed by atoms with E-state index in [4.69, 9.17) is 9.47 Å². The fraction of sp³-hybridized carbons (Fsp3) is 0.483. The van der Waals surface area contributed by atoms with Crippen molar-refractivity contribution in [2.24, 2.45) is 5.92 Å². The van der Waals surface area contributed by atoms with E-state index in [2.05, 4.69) is 13.5 Å². The van der Waals surface area contributed by atoms with Crippen LogP contribution >= 0.6 is 0 Å². The summed E-state index contributed by atoms with van der Waals surface area (Å²) in [6.45, 7) is 5.88. The van der Waals surface area contributed by atoms with Crippen LogP contribution in [0.4, 0.5) is 13.2 Å². The molecule has 0 heterocycles. The maximum Gasteiger partial charge on any atom is 0.338 e. The SMILES string of the molecule is C=CCOc1ccc(C(=O)OC2CCC(c3ccc(C4CCC(C)CC4)c(F)c3F)CC2)cc1F. The van der Waals surface area contributed by atoms with Gasteiger partial charge in [-0.2, -0.15) is 0 Å². The Labute approximate surface area is 205 Å². The molecular weight excluding hydrogens is 453 g/mol. The predicted molar refractivity (Wildman–Crippen MR) is 129 cm³/mol. The molecule has 2 aromatic rings. The van der Waals surface area contributed by atoms with Gasteiger partial charge in [-0.3, -0.25) is 0 Å². The Kier molecular flexibility index (Phi) is 8.19. The van der Waals surface area contributed by atoms with Gasteiger partial charge in [-0.25, -0.2) is 18.0 Å². The number of carbonyl (C=O) groups excluding carboxylic acids is 1. The first-order valence-corrected chi connectivity index (χ1v) is 12.6. The first-order valence-electron chi connectivity index (χ1n) is 12.6. The minimum Gasteiger partial charge on any atom is -0.486 e. The van der Waals surface area contributed by atoms with Crippen LogP contribution < -0.4 is 4.74 Å². The molecule has 2 aliphatic carbocycles. The van der Waals surface area contributed by atoms with Crippen LogP contribution in [0.25, 0.3) is 0 Å². The van der Waals surface area contributed by atoms with Crippen LogP contribution in [0, 0.1) is 23.4 Å². The van der Waals surface area contributed by atoms with Crippen molar-refractivity contribution in [2.45, 2.75) is 76.2 Å². The lowest BCUT2D eigenvalue weighted by atomic mass is 9.77. The Bertz CT molecular complexity index is 1050. The molecule has 3 nitrogen and oxygen atoms in total. The number of rotatable bonds is 7. The van der Waals surface area contributed by atoms with Gasteiger partial charge in [0.25, 0.3) is 0 Å². The zero-order valence-electron chi connectivity index (χ0n) is 20.2. The molecule has 0 atom stereocenters. The minimum absolute atomic E-state index is 0.0419. The summed E-state index contributed by atoms with van der Waals surface area (Å²) in [5, 5.41) is 0.